The minimum Gasteiger partial charge on any atom is -0.490 e. The minimum atomic E-state index is -0.357. The third-order valence-electron chi connectivity index (χ3n) is 4.41. The van der Waals surface area contributed by atoms with E-state index in [1.807, 2.05) is 19.0 Å². The number of benzene rings is 1. The Hall–Kier alpha value is -1.82. The monoisotopic (exact) mass is 293 g/mol. The molecule has 2 rings (SSSR count). The molecule has 6 nitrogen and oxygen atoms in total. The largest absolute Gasteiger partial charge is 0.490 e. The molecule has 0 radical (unpaired) electrons. The lowest BCUT2D eigenvalue weighted by atomic mass is 9.90. The number of hydrogen-bond acceptors (Lipinski definition) is 5. The third-order valence-corrected chi connectivity index (χ3v) is 4.41. The second kappa shape index (κ2) is 6.76. The van der Waals surface area contributed by atoms with Crippen LogP contribution in [0.2, 0.25) is 0 Å². The summed E-state index contributed by atoms with van der Waals surface area (Å²) >= 11 is 0. The second-order valence-corrected chi connectivity index (χ2v) is 5.49. The molecule has 116 valence electrons. The van der Waals surface area contributed by atoms with Crippen LogP contribution in [0.15, 0.2) is 18.2 Å². The maximum atomic E-state index is 11.4. The molecule has 21 heavy (non-hydrogen) atoms. The van der Waals surface area contributed by atoms with Gasteiger partial charge < -0.3 is 15.0 Å². The summed E-state index contributed by atoms with van der Waals surface area (Å²) in [5, 5.41) is 14.7. The lowest BCUT2D eigenvalue weighted by molar-refractivity contribution is -0.385. The molecule has 0 atom stereocenters. The predicted molar refractivity (Wildman–Crippen MR) is 83.2 cm³/mol. The Kier molecular flexibility index (Phi) is 5.01. The summed E-state index contributed by atoms with van der Waals surface area (Å²) in [5.41, 5.74) is 0.686. The summed E-state index contributed by atoms with van der Waals surface area (Å²) in [5.74, 6) is 0.313. The number of nitrogens with zero attached hydrogens (tertiary/aromatic N) is 2. The number of nitro groups is 1. The van der Waals surface area contributed by atoms with Crippen molar-refractivity contribution in [3.8, 4) is 5.75 Å². The zero-order valence-electron chi connectivity index (χ0n) is 12.8. The molecule has 1 fully saturated rings. The van der Waals surface area contributed by atoms with Crippen LogP contribution in [0.3, 0.4) is 0 Å². The molecule has 1 aliphatic carbocycles. The highest BCUT2D eigenvalue weighted by molar-refractivity contribution is 5.69. The zero-order valence-corrected chi connectivity index (χ0v) is 12.8. The van der Waals surface area contributed by atoms with E-state index in [1.165, 1.54) is 7.11 Å². The number of methoxy groups -OCH3 is 1. The highest BCUT2D eigenvalue weighted by Crippen LogP contribution is 2.38. The Morgan fingerprint density at radius 2 is 2.00 bits per heavy atom. The van der Waals surface area contributed by atoms with Crippen LogP contribution in [-0.2, 0) is 0 Å². The van der Waals surface area contributed by atoms with Gasteiger partial charge in [0.25, 0.3) is 0 Å². The van der Waals surface area contributed by atoms with E-state index in [4.69, 9.17) is 4.74 Å². The van der Waals surface area contributed by atoms with Gasteiger partial charge in [-0.3, -0.25) is 10.1 Å². The molecule has 1 aromatic rings. The van der Waals surface area contributed by atoms with E-state index >= 15 is 0 Å². The van der Waals surface area contributed by atoms with Crippen LogP contribution in [0.5, 0.6) is 5.75 Å². The first kappa shape index (κ1) is 15.6. The molecule has 6 heteroatoms. The number of para-hydroxylation sites is 1. The van der Waals surface area contributed by atoms with Crippen molar-refractivity contribution in [3.63, 3.8) is 0 Å². The fourth-order valence-electron chi connectivity index (χ4n) is 3.09. The number of anilines is 1. The average Bonchev–Trinajstić information content (AvgIpc) is 2.53. The van der Waals surface area contributed by atoms with Crippen molar-refractivity contribution in [1.82, 2.24) is 5.32 Å². The summed E-state index contributed by atoms with van der Waals surface area (Å²) < 4.78 is 5.14. The molecular weight excluding hydrogens is 270 g/mol. The zero-order chi connectivity index (χ0) is 15.4. The lowest BCUT2D eigenvalue weighted by Crippen LogP contribution is -2.40. The summed E-state index contributed by atoms with van der Waals surface area (Å²) in [6, 6.07) is 6.13. The van der Waals surface area contributed by atoms with Crippen molar-refractivity contribution in [1.29, 1.82) is 0 Å². The van der Waals surface area contributed by atoms with Crippen LogP contribution in [0.25, 0.3) is 0 Å². The maximum absolute atomic E-state index is 11.4. The fourth-order valence-corrected chi connectivity index (χ4v) is 3.09. The van der Waals surface area contributed by atoms with Gasteiger partial charge in [-0.15, -0.1) is 0 Å². The summed E-state index contributed by atoms with van der Waals surface area (Å²) in [6.45, 7) is 0. The van der Waals surface area contributed by atoms with Gasteiger partial charge in [0.2, 0.25) is 0 Å². The Morgan fingerprint density at radius 1 is 1.33 bits per heavy atom. The Labute approximate surface area is 125 Å². The standard InChI is InChI=1S/C15H23N3O3/c1-16-11-7-9-12(10-8-11)17(2)13-5-4-6-14(21-3)15(13)18(19)20/h4-6,11-12,16H,7-10H2,1-3H3. The predicted octanol–water partition coefficient (Wildman–Crippen LogP) is 2.57. The molecule has 1 saturated carbocycles. The first-order chi connectivity index (χ1) is 10.1. The van der Waals surface area contributed by atoms with Gasteiger partial charge >= 0.3 is 5.69 Å². The van der Waals surface area contributed by atoms with E-state index in [0.29, 0.717) is 23.5 Å². The van der Waals surface area contributed by atoms with E-state index in [-0.39, 0.29) is 10.6 Å². The maximum Gasteiger partial charge on any atom is 0.333 e. The summed E-state index contributed by atoms with van der Waals surface area (Å²) in [4.78, 5) is 13.1. The molecule has 0 bridgehead atoms. The molecular formula is C15H23N3O3. The Bertz CT molecular complexity index is 499. The van der Waals surface area contributed by atoms with Crippen LogP contribution in [-0.4, -0.2) is 38.2 Å². The number of nitrogens with one attached hydrogen (secondary N) is 1. The summed E-state index contributed by atoms with van der Waals surface area (Å²) in [6.07, 6.45) is 4.28. The molecule has 0 saturated heterocycles. The van der Waals surface area contributed by atoms with E-state index in [0.717, 1.165) is 25.7 Å². The van der Waals surface area contributed by atoms with Gasteiger partial charge in [0.15, 0.2) is 5.75 Å². The third kappa shape index (κ3) is 3.26. The van der Waals surface area contributed by atoms with Crippen molar-refractivity contribution in [2.45, 2.75) is 37.8 Å². The number of hydrogen-bond donors (Lipinski definition) is 1. The highest BCUT2D eigenvalue weighted by atomic mass is 16.6. The van der Waals surface area contributed by atoms with E-state index in [1.54, 1.807) is 18.2 Å². The van der Waals surface area contributed by atoms with Crippen LogP contribution in [0, 0.1) is 10.1 Å². The van der Waals surface area contributed by atoms with Crippen molar-refractivity contribution in [2.24, 2.45) is 0 Å². The molecule has 0 spiro atoms. The van der Waals surface area contributed by atoms with Gasteiger partial charge in [-0.1, -0.05) is 6.07 Å². The van der Waals surface area contributed by atoms with Gasteiger partial charge in [0.05, 0.1) is 12.0 Å². The molecule has 0 heterocycles. The molecule has 0 amide bonds. The van der Waals surface area contributed by atoms with Gasteiger partial charge in [-0.25, -0.2) is 0 Å². The van der Waals surface area contributed by atoms with Crippen molar-refractivity contribution in [3.05, 3.63) is 28.3 Å². The molecule has 0 unspecified atom stereocenters. The number of nitro benzene ring substituents is 1. The van der Waals surface area contributed by atoms with Crippen LogP contribution in [0.1, 0.15) is 25.7 Å². The normalized spacial score (nSPS) is 21.9. The molecule has 1 N–H and O–H groups in total. The average molecular weight is 293 g/mol. The Morgan fingerprint density at radius 3 is 2.52 bits per heavy atom. The van der Waals surface area contributed by atoms with Crippen molar-refractivity contribution >= 4 is 11.4 Å². The highest BCUT2D eigenvalue weighted by Gasteiger charge is 2.29. The number of ether oxygens (including phenoxy) is 1. The van der Waals surface area contributed by atoms with Crippen molar-refractivity contribution < 1.29 is 9.66 Å². The molecule has 1 aliphatic rings. The van der Waals surface area contributed by atoms with Gasteiger partial charge in [0, 0.05) is 19.1 Å². The fraction of sp³-hybridized carbons (Fsp3) is 0.600. The van der Waals surface area contributed by atoms with E-state index in [2.05, 4.69) is 5.32 Å². The molecule has 1 aromatic carbocycles. The lowest BCUT2D eigenvalue weighted by Gasteiger charge is -2.35. The second-order valence-electron chi connectivity index (χ2n) is 5.49. The van der Waals surface area contributed by atoms with Gasteiger partial charge in [0.1, 0.15) is 5.69 Å². The molecule has 0 aliphatic heterocycles. The SMILES string of the molecule is CNC1CCC(N(C)c2cccc(OC)c2[N+](=O)[O-])CC1. The first-order valence-corrected chi connectivity index (χ1v) is 7.30. The van der Waals surface area contributed by atoms with Crippen molar-refractivity contribution in [2.75, 3.05) is 26.1 Å². The number of rotatable bonds is 5. The first-order valence-electron chi connectivity index (χ1n) is 7.30. The van der Waals surface area contributed by atoms with Crippen LogP contribution < -0.4 is 15.0 Å². The quantitative estimate of drug-likeness (QED) is 0.667. The van der Waals surface area contributed by atoms with E-state index in [9.17, 15) is 10.1 Å². The van der Waals surface area contributed by atoms with Crippen LogP contribution in [0.4, 0.5) is 11.4 Å². The van der Waals surface area contributed by atoms with E-state index < -0.39 is 0 Å². The smallest absolute Gasteiger partial charge is 0.333 e. The Balaban J connectivity index is 2.23. The van der Waals surface area contributed by atoms with Crippen LogP contribution >= 0.6 is 0 Å². The summed E-state index contributed by atoms with van der Waals surface area (Å²) in [7, 11) is 5.39. The molecule has 0 aromatic heterocycles. The topological polar surface area (TPSA) is 67.6 Å². The van der Waals surface area contributed by atoms with Gasteiger partial charge in [-0.05, 0) is 44.9 Å². The van der Waals surface area contributed by atoms with Gasteiger partial charge in [-0.2, -0.15) is 0 Å². The minimum absolute atomic E-state index is 0.0539.